The molecule has 1 saturated heterocycles. The molecule has 1 atom stereocenters. The first-order valence-corrected chi connectivity index (χ1v) is 9.88. The van der Waals surface area contributed by atoms with Crippen LogP contribution in [0.3, 0.4) is 0 Å². The second-order valence-electron chi connectivity index (χ2n) is 6.49. The van der Waals surface area contributed by atoms with Crippen LogP contribution in [0.4, 0.5) is 8.78 Å². The van der Waals surface area contributed by atoms with E-state index in [0.717, 1.165) is 16.8 Å². The summed E-state index contributed by atoms with van der Waals surface area (Å²) >= 11 is 1.56. The predicted molar refractivity (Wildman–Crippen MR) is 104 cm³/mol. The highest BCUT2D eigenvalue weighted by atomic mass is 32.2. The molecule has 0 aliphatic carbocycles. The molecular formula is C21H18F2N2OS. The monoisotopic (exact) mass is 384 g/mol. The average molecular weight is 384 g/mol. The normalized spacial score (nSPS) is 17.7. The topological polar surface area (TPSA) is 33.2 Å². The maximum atomic E-state index is 14.1. The van der Waals surface area contributed by atoms with Crippen molar-refractivity contribution in [3.8, 4) is 0 Å². The van der Waals surface area contributed by atoms with Crippen LogP contribution in [0.5, 0.6) is 0 Å². The molecule has 6 heteroatoms. The summed E-state index contributed by atoms with van der Waals surface area (Å²) in [6.07, 6.45) is 2.22. The largest absolute Gasteiger partial charge is 0.336 e. The van der Waals surface area contributed by atoms with E-state index in [-0.39, 0.29) is 11.2 Å². The molecule has 1 aliphatic rings. The van der Waals surface area contributed by atoms with Crippen LogP contribution in [-0.2, 0) is 0 Å². The molecule has 0 saturated carbocycles. The van der Waals surface area contributed by atoms with E-state index in [2.05, 4.69) is 4.98 Å². The van der Waals surface area contributed by atoms with E-state index in [4.69, 9.17) is 0 Å². The first-order chi connectivity index (χ1) is 13.1. The summed E-state index contributed by atoms with van der Waals surface area (Å²) in [4.78, 5) is 19.1. The van der Waals surface area contributed by atoms with Crippen LogP contribution >= 0.6 is 11.8 Å². The van der Waals surface area contributed by atoms with Crippen LogP contribution < -0.4 is 0 Å². The van der Waals surface area contributed by atoms with Crippen molar-refractivity contribution in [2.75, 3.05) is 18.8 Å². The number of nitrogens with zero attached hydrogens (tertiary/aromatic N) is 2. The summed E-state index contributed by atoms with van der Waals surface area (Å²) in [7, 11) is 0. The van der Waals surface area contributed by atoms with E-state index in [1.807, 2.05) is 30.3 Å². The van der Waals surface area contributed by atoms with Crippen molar-refractivity contribution >= 4 is 28.4 Å². The molecule has 3 nitrogen and oxygen atoms in total. The number of aromatic nitrogens is 1. The van der Waals surface area contributed by atoms with Gasteiger partial charge in [-0.15, -0.1) is 0 Å². The van der Waals surface area contributed by atoms with Crippen molar-refractivity contribution in [3.63, 3.8) is 0 Å². The molecule has 4 rings (SSSR count). The molecule has 3 aromatic rings. The van der Waals surface area contributed by atoms with Crippen molar-refractivity contribution < 1.29 is 13.6 Å². The summed E-state index contributed by atoms with van der Waals surface area (Å²) < 4.78 is 27.6. The molecule has 2 aromatic carbocycles. The van der Waals surface area contributed by atoms with Gasteiger partial charge in [0.05, 0.1) is 0 Å². The number of amides is 1. The number of hydrogen-bond donors (Lipinski definition) is 0. The van der Waals surface area contributed by atoms with Gasteiger partial charge in [-0.25, -0.2) is 8.78 Å². The van der Waals surface area contributed by atoms with Crippen LogP contribution in [0.25, 0.3) is 10.8 Å². The van der Waals surface area contributed by atoms with Gasteiger partial charge in [-0.1, -0.05) is 24.3 Å². The molecule has 0 N–H and O–H groups in total. The van der Waals surface area contributed by atoms with Gasteiger partial charge in [-0.2, -0.15) is 11.8 Å². The fourth-order valence-corrected chi connectivity index (χ4v) is 4.67. The van der Waals surface area contributed by atoms with Gasteiger partial charge in [0.2, 0.25) is 0 Å². The highest BCUT2D eigenvalue weighted by Crippen LogP contribution is 2.36. The first-order valence-electron chi connectivity index (χ1n) is 8.83. The number of carbonyl (C=O) groups excluding carboxylic acids is 1. The van der Waals surface area contributed by atoms with E-state index in [9.17, 15) is 13.6 Å². The van der Waals surface area contributed by atoms with E-state index in [1.54, 1.807) is 22.9 Å². The molecule has 1 unspecified atom stereocenters. The molecule has 0 bridgehead atoms. The zero-order chi connectivity index (χ0) is 18.8. The Morgan fingerprint density at radius 2 is 1.96 bits per heavy atom. The van der Waals surface area contributed by atoms with Gasteiger partial charge >= 0.3 is 0 Å². The number of halogens is 2. The molecular weight excluding hydrogens is 366 g/mol. The van der Waals surface area contributed by atoms with Crippen molar-refractivity contribution in [3.05, 3.63) is 77.6 Å². The predicted octanol–water partition coefficient (Wildman–Crippen LogP) is 4.83. The van der Waals surface area contributed by atoms with Crippen LogP contribution in [0.1, 0.15) is 27.7 Å². The lowest BCUT2D eigenvalue weighted by atomic mass is 10.1. The van der Waals surface area contributed by atoms with Crippen LogP contribution in [0.15, 0.2) is 54.7 Å². The maximum absolute atomic E-state index is 14.1. The number of rotatable bonds is 2. The zero-order valence-corrected chi connectivity index (χ0v) is 15.4. The Morgan fingerprint density at radius 3 is 2.85 bits per heavy atom. The molecule has 1 amide bonds. The summed E-state index contributed by atoms with van der Waals surface area (Å²) in [5.41, 5.74) is 0.811. The lowest BCUT2D eigenvalue weighted by Gasteiger charge is -2.20. The molecule has 0 radical (unpaired) electrons. The fourth-order valence-electron chi connectivity index (χ4n) is 3.42. The highest BCUT2D eigenvalue weighted by molar-refractivity contribution is 7.99. The number of fused-ring (bicyclic) bond motifs is 1. The first kappa shape index (κ1) is 17.9. The number of thioether (sulfide) groups is 1. The Hall–Kier alpha value is -2.47. The number of carbonyl (C=O) groups is 1. The maximum Gasteiger partial charge on any atom is 0.273 e. The van der Waals surface area contributed by atoms with Gasteiger partial charge in [0.25, 0.3) is 5.91 Å². The van der Waals surface area contributed by atoms with Crippen molar-refractivity contribution in [2.24, 2.45) is 0 Å². The van der Waals surface area contributed by atoms with Crippen molar-refractivity contribution in [1.29, 1.82) is 0 Å². The molecule has 27 heavy (non-hydrogen) atoms. The Balaban J connectivity index is 1.56. The van der Waals surface area contributed by atoms with Crippen LogP contribution in [0, 0.1) is 11.6 Å². The van der Waals surface area contributed by atoms with Crippen LogP contribution in [-0.4, -0.2) is 34.6 Å². The smallest absolute Gasteiger partial charge is 0.273 e. The minimum Gasteiger partial charge on any atom is -0.336 e. The lowest BCUT2D eigenvalue weighted by Crippen LogP contribution is -2.33. The molecule has 138 valence electrons. The van der Waals surface area contributed by atoms with Gasteiger partial charge in [-0.3, -0.25) is 9.78 Å². The molecule has 1 aliphatic heterocycles. The summed E-state index contributed by atoms with van der Waals surface area (Å²) in [5, 5.41) is 1.63. The van der Waals surface area contributed by atoms with E-state index < -0.39 is 11.6 Å². The summed E-state index contributed by atoms with van der Waals surface area (Å²) in [6, 6.07) is 13.1. The van der Waals surface area contributed by atoms with Gasteiger partial charge in [0.15, 0.2) is 0 Å². The average Bonchev–Trinajstić information content (AvgIpc) is 2.95. The summed E-state index contributed by atoms with van der Waals surface area (Å²) in [5.74, 6) is -0.293. The highest BCUT2D eigenvalue weighted by Gasteiger charge is 2.26. The minimum absolute atomic E-state index is 0.118. The third-order valence-corrected chi connectivity index (χ3v) is 6.12. The fraction of sp³-hybridized carbons (Fsp3) is 0.238. The second kappa shape index (κ2) is 7.64. The quantitative estimate of drug-likeness (QED) is 0.634. The van der Waals surface area contributed by atoms with Gasteiger partial charge in [0.1, 0.15) is 17.3 Å². The Morgan fingerprint density at radius 1 is 1.11 bits per heavy atom. The second-order valence-corrected chi connectivity index (χ2v) is 7.80. The SMILES string of the molecule is O=C(c1nccc2ccccc12)N1CCSC(c2cc(F)ccc2F)CC1. The van der Waals surface area contributed by atoms with E-state index >= 15 is 0 Å². The third kappa shape index (κ3) is 3.67. The standard InChI is InChI=1S/C21H18F2N2OS/c22-15-5-6-18(23)17(13-15)19-8-10-25(11-12-27-19)21(26)20-16-4-2-1-3-14(16)7-9-24-20/h1-7,9,13,19H,8,10-12H2. The van der Waals surface area contributed by atoms with E-state index in [1.165, 1.54) is 12.1 Å². The van der Waals surface area contributed by atoms with Crippen molar-refractivity contribution in [1.82, 2.24) is 9.88 Å². The summed E-state index contributed by atoms with van der Waals surface area (Å²) in [6.45, 7) is 1.04. The van der Waals surface area contributed by atoms with Gasteiger partial charge < -0.3 is 4.90 Å². The van der Waals surface area contributed by atoms with Crippen molar-refractivity contribution in [2.45, 2.75) is 11.7 Å². The molecule has 1 aromatic heterocycles. The Kier molecular flexibility index (Phi) is 5.07. The minimum atomic E-state index is -0.441. The lowest BCUT2D eigenvalue weighted by molar-refractivity contribution is 0.0763. The number of benzene rings is 2. The number of pyridine rings is 1. The third-order valence-electron chi connectivity index (χ3n) is 4.81. The molecule has 2 heterocycles. The van der Waals surface area contributed by atoms with Gasteiger partial charge in [0, 0.05) is 41.2 Å². The zero-order valence-electron chi connectivity index (χ0n) is 14.6. The number of hydrogen-bond acceptors (Lipinski definition) is 3. The van der Waals surface area contributed by atoms with Gasteiger partial charge in [-0.05, 0) is 36.1 Å². The Bertz CT molecular complexity index is 990. The van der Waals surface area contributed by atoms with Crippen LogP contribution in [0.2, 0.25) is 0 Å². The Labute approximate surface area is 160 Å². The molecule has 0 spiro atoms. The van der Waals surface area contributed by atoms with E-state index in [0.29, 0.717) is 36.5 Å². The molecule has 1 fully saturated rings.